The van der Waals surface area contributed by atoms with Crippen molar-refractivity contribution in [2.75, 3.05) is 12.3 Å². The molecule has 0 heterocycles. The van der Waals surface area contributed by atoms with Gasteiger partial charge in [-0.2, -0.15) is 0 Å². The predicted octanol–water partition coefficient (Wildman–Crippen LogP) is 0.339. The van der Waals surface area contributed by atoms with Gasteiger partial charge in [-0.15, -0.1) is 0 Å². The zero-order valence-electron chi connectivity index (χ0n) is 8.41. The first-order valence-corrected chi connectivity index (χ1v) is 6.51. The van der Waals surface area contributed by atoms with E-state index in [9.17, 15) is 13.2 Å². The van der Waals surface area contributed by atoms with Crippen molar-refractivity contribution in [3.05, 3.63) is 22.2 Å². The zero-order chi connectivity index (χ0) is 13.2. The van der Waals surface area contributed by atoms with Gasteiger partial charge in [-0.05, 0) is 12.1 Å². The van der Waals surface area contributed by atoms with Gasteiger partial charge < -0.3 is 11.5 Å². The summed E-state index contributed by atoms with van der Waals surface area (Å²) >= 11 is 11.5. The number of amides is 1. The van der Waals surface area contributed by atoms with Crippen LogP contribution in [0.1, 0.15) is 0 Å². The van der Waals surface area contributed by atoms with Crippen molar-refractivity contribution in [1.82, 2.24) is 4.72 Å². The number of benzene rings is 1. The second kappa shape index (κ2) is 5.09. The monoisotopic (exact) mass is 297 g/mol. The second-order valence-corrected chi connectivity index (χ2v) is 5.56. The highest BCUT2D eigenvalue weighted by molar-refractivity contribution is 7.89. The minimum atomic E-state index is -4.03. The lowest BCUT2D eigenvalue weighted by Gasteiger charge is -2.10. The highest BCUT2D eigenvalue weighted by Crippen LogP contribution is 2.33. The molecule has 1 rings (SSSR count). The number of nitrogens with two attached hydrogens (primary N) is 2. The highest BCUT2D eigenvalue weighted by atomic mass is 35.5. The van der Waals surface area contributed by atoms with Crippen LogP contribution in [0.5, 0.6) is 0 Å². The number of sulfonamides is 1. The Hall–Kier alpha value is -1.02. The quantitative estimate of drug-likeness (QED) is 0.695. The molecule has 9 heteroatoms. The molecule has 0 radical (unpaired) electrons. The summed E-state index contributed by atoms with van der Waals surface area (Å²) < 4.78 is 25.5. The van der Waals surface area contributed by atoms with Crippen molar-refractivity contribution in [2.24, 2.45) is 5.73 Å². The number of nitrogens with one attached hydrogen (secondary N) is 1. The van der Waals surface area contributed by atoms with E-state index < -0.39 is 22.5 Å². The maximum Gasteiger partial charge on any atom is 0.244 e. The molecule has 17 heavy (non-hydrogen) atoms. The standard InChI is InChI=1S/C8H9Cl2N3O3S/c9-4-1-2-5(11)7(10)8(4)17(15,16)13-3-6(12)14/h1-2,13H,3,11H2,(H2,12,14). The van der Waals surface area contributed by atoms with Crippen LogP contribution in [0.3, 0.4) is 0 Å². The number of nitrogen functional groups attached to an aromatic ring is 1. The molecular formula is C8H9Cl2N3O3S. The molecule has 0 unspecified atom stereocenters. The average molecular weight is 298 g/mol. The van der Waals surface area contributed by atoms with Gasteiger partial charge in [0.2, 0.25) is 15.9 Å². The van der Waals surface area contributed by atoms with Crippen molar-refractivity contribution in [1.29, 1.82) is 0 Å². The lowest BCUT2D eigenvalue weighted by Crippen LogP contribution is -2.33. The van der Waals surface area contributed by atoms with Crippen LogP contribution in [0.4, 0.5) is 5.69 Å². The molecule has 0 fully saturated rings. The number of halogens is 2. The normalized spacial score (nSPS) is 11.4. The summed E-state index contributed by atoms with van der Waals surface area (Å²) in [5.41, 5.74) is 10.4. The molecule has 1 aromatic carbocycles. The number of rotatable bonds is 4. The topological polar surface area (TPSA) is 115 Å². The Labute approximate surface area is 108 Å². The Bertz CT molecular complexity index is 559. The van der Waals surface area contributed by atoms with Crippen LogP contribution in [0, 0.1) is 0 Å². The van der Waals surface area contributed by atoms with Gasteiger partial charge in [0.25, 0.3) is 0 Å². The van der Waals surface area contributed by atoms with Crippen molar-refractivity contribution in [3.8, 4) is 0 Å². The smallest absolute Gasteiger partial charge is 0.244 e. The van der Waals surface area contributed by atoms with Crippen molar-refractivity contribution < 1.29 is 13.2 Å². The molecule has 0 aliphatic rings. The third kappa shape index (κ3) is 3.22. The van der Waals surface area contributed by atoms with Gasteiger partial charge in [-0.1, -0.05) is 23.2 Å². The van der Waals surface area contributed by atoms with E-state index in [1.54, 1.807) is 0 Å². The molecule has 0 spiro atoms. The van der Waals surface area contributed by atoms with Gasteiger partial charge in [0.1, 0.15) is 4.90 Å². The first-order valence-electron chi connectivity index (χ1n) is 4.27. The Kier molecular flexibility index (Phi) is 4.21. The lowest BCUT2D eigenvalue weighted by molar-refractivity contribution is -0.116. The Morgan fingerprint density at radius 1 is 1.35 bits per heavy atom. The van der Waals surface area contributed by atoms with Crippen LogP contribution in [-0.2, 0) is 14.8 Å². The molecule has 0 aliphatic heterocycles. The fraction of sp³-hybridized carbons (Fsp3) is 0.125. The van der Waals surface area contributed by atoms with E-state index in [0.29, 0.717) is 0 Å². The maximum atomic E-state index is 11.8. The summed E-state index contributed by atoms with van der Waals surface area (Å²) in [6, 6.07) is 2.67. The molecule has 0 bridgehead atoms. The van der Waals surface area contributed by atoms with Gasteiger partial charge >= 0.3 is 0 Å². The molecule has 94 valence electrons. The summed E-state index contributed by atoms with van der Waals surface area (Å²) in [6.45, 7) is -0.552. The van der Waals surface area contributed by atoms with Crippen molar-refractivity contribution in [2.45, 2.75) is 4.90 Å². The number of hydrogen-bond acceptors (Lipinski definition) is 4. The van der Waals surface area contributed by atoms with Crippen LogP contribution in [0.25, 0.3) is 0 Å². The molecular weight excluding hydrogens is 289 g/mol. The van der Waals surface area contributed by atoms with Crippen molar-refractivity contribution >= 4 is 44.8 Å². The van der Waals surface area contributed by atoms with E-state index in [2.05, 4.69) is 0 Å². The third-order valence-corrected chi connectivity index (χ3v) is 4.22. The molecule has 0 saturated heterocycles. The number of carbonyl (C=O) groups is 1. The maximum absolute atomic E-state index is 11.8. The largest absolute Gasteiger partial charge is 0.397 e. The first kappa shape index (κ1) is 14.0. The van der Waals surface area contributed by atoms with E-state index in [4.69, 9.17) is 34.7 Å². The zero-order valence-corrected chi connectivity index (χ0v) is 10.7. The predicted molar refractivity (Wildman–Crippen MR) is 65.3 cm³/mol. The summed E-state index contributed by atoms with van der Waals surface area (Å²) in [5, 5.41) is -0.296. The minimum Gasteiger partial charge on any atom is -0.397 e. The average Bonchev–Trinajstić information content (AvgIpc) is 2.21. The molecule has 5 N–H and O–H groups in total. The first-order chi connectivity index (χ1) is 7.75. The molecule has 1 aromatic rings. The fourth-order valence-electron chi connectivity index (χ4n) is 1.03. The van der Waals surface area contributed by atoms with Crippen LogP contribution < -0.4 is 16.2 Å². The van der Waals surface area contributed by atoms with Crippen LogP contribution in [0.15, 0.2) is 17.0 Å². The number of hydrogen-bond donors (Lipinski definition) is 3. The van der Waals surface area contributed by atoms with Gasteiger partial charge in [0.15, 0.2) is 0 Å². The van der Waals surface area contributed by atoms with E-state index >= 15 is 0 Å². The Morgan fingerprint density at radius 3 is 2.47 bits per heavy atom. The van der Waals surface area contributed by atoms with E-state index in [1.165, 1.54) is 12.1 Å². The number of primary amides is 1. The lowest BCUT2D eigenvalue weighted by atomic mass is 10.3. The second-order valence-electron chi connectivity index (χ2n) is 3.07. The van der Waals surface area contributed by atoms with Gasteiger partial charge in [-0.25, -0.2) is 13.1 Å². The molecule has 0 saturated carbocycles. The van der Waals surface area contributed by atoms with Crippen molar-refractivity contribution in [3.63, 3.8) is 0 Å². The minimum absolute atomic E-state index is 0.0653. The number of carbonyl (C=O) groups excluding carboxylic acids is 1. The van der Waals surface area contributed by atoms with Gasteiger partial charge in [0, 0.05) is 0 Å². The van der Waals surface area contributed by atoms with Gasteiger partial charge in [-0.3, -0.25) is 4.79 Å². The molecule has 0 atom stereocenters. The number of anilines is 1. The summed E-state index contributed by atoms with van der Waals surface area (Å²) in [7, 11) is -4.03. The van der Waals surface area contributed by atoms with Crippen LogP contribution in [-0.4, -0.2) is 20.9 Å². The Balaban J connectivity index is 3.24. The molecule has 1 amide bonds. The third-order valence-electron chi connectivity index (χ3n) is 1.78. The summed E-state index contributed by atoms with van der Waals surface area (Å²) in [4.78, 5) is 10.1. The van der Waals surface area contributed by atoms with Crippen LogP contribution in [0.2, 0.25) is 10.0 Å². The fourth-order valence-corrected chi connectivity index (χ4v) is 3.17. The SMILES string of the molecule is NC(=O)CNS(=O)(=O)c1c(Cl)ccc(N)c1Cl. The van der Waals surface area contributed by atoms with E-state index in [0.717, 1.165) is 0 Å². The van der Waals surface area contributed by atoms with E-state index in [-0.39, 0.29) is 20.6 Å². The highest BCUT2D eigenvalue weighted by Gasteiger charge is 2.23. The summed E-state index contributed by atoms with van der Waals surface area (Å²) in [5.74, 6) is -0.829. The van der Waals surface area contributed by atoms with E-state index in [1.807, 2.05) is 4.72 Å². The van der Waals surface area contributed by atoms with Gasteiger partial charge in [0.05, 0.1) is 22.3 Å². The van der Waals surface area contributed by atoms with Crippen LogP contribution >= 0.6 is 23.2 Å². The summed E-state index contributed by atoms with van der Waals surface area (Å²) in [6.07, 6.45) is 0. The molecule has 0 aliphatic carbocycles. The Morgan fingerprint density at radius 2 is 1.94 bits per heavy atom. The molecule has 0 aromatic heterocycles. The molecule has 6 nitrogen and oxygen atoms in total.